The first-order valence-electron chi connectivity index (χ1n) is 8.05. The van der Waals surface area contributed by atoms with Crippen LogP contribution in [0.5, 0.6) is 0 Å². The van der Waals surface area contributed by atoms with Gasteiger partial charge in [-0.1, -0.05) is 18.2 Å². The lowest BCUT2D eigenvalue weighted by Gasteiger charge is -2.25. The van der Waals surface area contributed by atoms with E-state index >= 15 is 0 Å². The zero-order chi connectivity index (χ0) is 16.1. The smallest absolute Gasteiger partial charge is 0.239 e. The molecule has 1 amide bonds. The van der Waals surface area contributed by atoms with Gasteiger partial charge in [-0.15, -0.1) is 24.8 Å². The fourth-order valence-electron chi connectivity index (χ4n) is 2.99. The summed E-state index contributed by atoms with van der Waals surface area (Å²) < 4.78 is 0. The van der Waals surface area contributed by atoms with E-state index in [4.69, 9.17) is 5.73 Å². The molecule has 1 aromatic carbocycles. The van der Waals surface area contributed by atoms with Crippen molar-refractivity contribution in [2.24, 2.45) is 5.73 Å². The number of halogens is 2. The van der Waals surface area contributed by atoms with Gasteiger partial charge in [-0.2, -0.15) is 0 Å². The van der Waals surface area contributed by atoms with Crippen molar-refractivity contribution in [2.45, 2.75) is 18.9 Å². The lowest BCUT2D eigenvalue weighted by Crippen LogP contribution is -2.46. The maximum absolute atomic E-state index is 12.6. The lowest BCUT2D eigenvalue weighted by atomic mass is 10.1. The Kier molecular flexibility index (Phi) is 8.75. The Morgan fingerprint density at radius 1 is 1.16 bits per heavy atom. The van der Waals surface area contributed by atoms with E-state index in [0.29, 0.717) is 13.0 Å². The highest BCUT2D eigenvalue weighted by atomic mass is 35.5. The van der Waals surface area contributed by atoms with Gasteiger partial charge in [-0.25, -0.2) is 4.98 Å². The molecule has 0 aliphatic carbocycles. The number of amides is 1. The topological polar surface area (TPSA) is 78.2 Å². The third-order valence-electron chi connectivity index (χ3n) is 4.24. The maximum atomic E-state index is 12.6. The first kappa shape index (κ1) is 21.3. The van der Waals surface area contributed by atoms with Crippen molar-refractivity contribution in [3.8, 4) is 0 Å². The number of aromatic nitrogens is 2. The van der Waals surface area contributed by atoms with Crippen LogP contribution in [-0.2, 0) is 11.2 Å². The number of H-pyrrole nitrogens is 1. The molecule has 138 valence electrons. The molecule has 0 saturated carbocycles. The standard InChI is InChI=1S/C17H23N5O.2ClH/c18-16(11-14-12-19-13-20-14)17(23)22-8-4-7-21(9-10-22)15-5-2-1-3-6-15;;/h1-3,5-6,12-13,16H,4,7-11,18H2,(H,19,20);2*1H/t16-;;/m0../s1. The lowest BCUT2D eigenvalue weighted by molar-refractivity contribution is -0.132. The van der Waals surface area contributed by atoms with Crippen molar-refractivity contribution in [1.29, 1.82) is 0 Å². The van der Waals surface area contributed by atoms with E-state index in [1.807, 2.05) is 23.1 Å². The van der Waals surface area contributed by atoms with Crippen LogP contribution in [0.3, 0.4) is 0 Å². The predicted octanol–water partition coefficient (Wildman–Crippen LogP) is 1.86. The van der Waals surface area contributed by atoms with E-state index in [9.17, 15) is 4.79 Å². The summed E-state index contributed by atoms with van der Waals surface area (Å²) in [5, 5.41) is 0. The van der Waals surface area contributed by atoms with E-state index < -0.39 is 6.04 Å². The van der Waals surface area contributed by atoms with Crippen molar-refractivity contribution >= 4 is 36.4 Å². The van der Waals surface area contributed by atoms with Crippen LogP contribution in [0.15, 0.2) is 42.9 Å². The van der Waals surface area contributed by atoms with Gasteiger partial charge in [0.15, 0.2) is 0 Å². The maximum Gasteiger partial charge on any atom is 0.239 e. The molecule has 0 spiro atoms. The number of rotatable bonds is 4. The Hall–Kier alpha value is -1.76. The Balaban J connectivity index is 0.00000156. The van der Waals surface area contributed by atoms with E-state index in [0.717, 1.165) is 31.7 Å². The molecule has 6 nitrogen and oxygen atoms in total. The number of aromatic amines is 1. The molecule has 25 heavy (non-hydrogen) atoms. The molecule has 8 heteroatoms. The van der Waals surface area contributed by atoms with Crippen LogP contribution in [0.4, 0.5) is 5.69 Å². The molecular weight excluding hydrogens is 361 g/mol. The van der Waals surface area contributed by atoms with Crippen molar-refractivity contribution in [1.82, 2.24) is 14.9 Å². The van der Waals surface area contributed by atoms with Crippen LogP contribution in [0.2, 0.25) is 0 Å². The van der Waals surface area contributed by atoms with Crippen LogP contribution in [0.1, 0.15) is 12.1 Å². The quantitative estimate of drug-likeness (QED) is 0.841. The number of carbonyl (C=O) groups excluding carboxylic acids is 1. The second-order valence-electron chi connectivity index (χ2n) is 5.89. The van der Waals surface area contributed by atoms with Gasteiger partial charge in [0.25, 0.3) is 0 Å². The molecule has 1 aliphatic heterocycles. The summed E-state index contributed by atoms with van der Waals surface area (Å²) in [7, 11) is 0. The summed E-state index contributed by atoms with van der Waals surface area (Å²) in [6.45, 7) is 3.28. The average molecular weight is 386 g/mol. The van der Waals surface area contributed by atoms with Crippen LogP contribution in [-0.4, -0.2) is 53.0 Å². The molecule has 3 N–H and O–H groups in total. The summed E-state index contributed by atoms with van der Waals surface area (Å²) >= 11 is 0. The monoisotopic (exact) mass is 385 g/mol. The highest BCUT2D eigenvalue weighted by Gasteiger charge is 2.24. The fraction of sp³-hybridized carbons (Fsp3) is 0.412. The third kappa shape index (κ3) is 5.63. The Morgan fingerprint density at radius 2 is 1.92 bits per heavy atom. The van der Waals surface area contributed by atoms with Gasteiger partial charge in [0.2, 0.25) is 5.91 Å². The van der Waals surface area contributed by atoms with E-state index in [2.05, 4.69) is 27.0 Å². The van der Waals surface area contributed by atoms with Crippen molar-refractivity contribution < 1.29 is 4.79 Å². The number of anilines is 1. The molecule has 1 saturated heterocycles. The SMILES string of the molecule is Cl.Cl.N[C@@H](Cc1cnc[nH]1)C(=O)N1CCCN(c2ccccc2)CC1. The van der Waals surface area contributed by atoms with Gasteiger partial charge in [0.05, 0.1) is 12.4 Å². The minimum atomic E-state index is -0.515. The molecule has 0 radical (unpaired) electrons. The molecule has 3 rings (SSSR count). The van der Waals surface area contributed by atoms with Gasteiger partial charge in [0, 0.05) is 50.2 Å². The normalized spacial score (nSPS) is 15.6. The summed E-state index contributed by atoms with van der Waals surface area (Å²) in [4.78, 5) is 23.7. The minimum Gasteiger partial charge on any atom is -0.370 e. The molecule has 1 aliphatic rings. The summed E-state index contributed by atoms with van der Waals surface area (Å²) in [6, 6.07) is 9.82. The van der Waals surface area contributed by atoms with Crippen molar-refractivity contribution in [3.63, 3.8) is 0 Å². The number of hydrogen-bond donors (Lipinski definition) is 2. The van der Waals surface area contributed by atoms with E-state index in [1.165, 1.54) is 5.69 Å². The summed E-state index contributed by atoms with van der Waals surface area (Å²) in [5.74, 6) is 0.0227. The van der Waals surface area contributed by atoms with Gasteiger partial charge in [0.1, 0.15) is 0 Å². The van der Waals surface area contributed by atoms with Gasteiger partial charge in [-0.05, 0) is 18.6 Å². The second kappa shape index (κ2) is 10.3. The molecule has 2 aromatic rings. The highest BCUT2D eigenvalue weighted by molar-refractivity contribution is 5.85. The molecule has 2 heterocycles. The summed E-state index contributed by atoms with van der Waals surface area (Å²) in [5.41, 5.74) is 8.19. The van der Waals surface area contributed by atoms with E-state index in [-0.39, 0.29) is 30.7 Å². The number of para-hydroxylation sites is 1. The van der Waals surface area contributed by atoms with Gasteiger partial charge >= 0.3 is 0 Å². The molecule has 1 fully saturated rings. The Morgan fingerprint density at radius 3 is 2.60 bits per heavy atom. The number of hydrogen-bond acceptors (Lipinski definition) is 4. The second-order valence-corrected chi connectivity index (χ2v) is 5.89. The zero-order valence-corrected chi connectivity index (χ0v) is 15.6. The van der Waals surface area contributed by atoms with Crippen molar-refractivity contribution in [2.75, 3.05) is 31.1 Å². The highest BCUT2D eigenvalue weighted by Crippen LogP contribution is 2.16. The molecule has 1 atom stereocenters. The summed E-state index contributed by atoms with van der Waals surface area (Å²) in [6.07, 6.45) is 4.78. The first-order chi connectivity index (χ1) is 11.2. The number of nitrogens with one attached hydrogen (secondary N) is 1. The van der Waals surface area contributed by atoms with Crippen LogP contribution in [0, 0.1) is 0 Å². The number of imidazole rings is 1. The number of nitrogens with zero attached hydrogens (tertiary/aromatic N) is 3. The average Bonchev–Trinajstić information content (AvgIpc) is 2.96. The molecule has 1 aromatic heterocycles. The van der Waals surface area contributed by atoms with Crippen molar-refractivity contribution in [3.05, 3.63) is 48.5 Å². The minimum absolute atomic E-state index is 0. The van der Waals surface area contributed by atoms with E-state index in [1.54, 1.807) is 12.5 Å². The predicted molar refractivity (Wildman–Crippen MR) is 105 cm³/mol. The third-order valence-corrected chi connectivity index (χ3v) is 4.24. The van der Waals surface area contributed by atoms with Crippen LogP contribution >= 0.6 is 24.8 Å². The fourth-order valence-corrected chi connectivity index (χ4v) is 2.99. The number of benzene rings is 1. The largest absolute Gasteiger partial charge is 0.370 e. The number of carbonyl (C=O) groups is 1. The van der Waals surface area contributed by atoms with Crippen LogP contribution in [0.25, 0.3) is 0 Å². The Labute approximate surface area is 160 Å². The zero-order valence-electron chi connectivity index (χ0n) is 14.0. The molecular formula is C17H25Cl2N5O. The molecule has 0 bridgehead atoms. The first-order valence-corrected chi connectivity index (χ1v) is 8.05. The van der Waals surface area contributed by atoms with Gasteiger partial charge in [-0.3, -0.25) is 4.79 Å². The van der Waals surface area contributed by atoms with Crippen LogP contribution < -0.4 is 10.6 Å². The van der Waals surface area contributed by atoms with Gasteiger partial charge < -0.3 is 20.5 Å². The number of nitrogens with two attached hydrogens (primary N) is 1. The molecule has 0 unspecified atom stereocenters. The Bertz CT molecular complexity index is 623.